The molecule has 1 aromatic carbocycles. The summed E-state index contributed by atoms with van der Waals surface area (Å²) in [5, 5.41) is 4.30. The topological polar surface area (TPSA) is 79.6 Å². The van der Waals surface area contributed by atoms with Crippen LogP contribution in [-0.4, -0.2) is 58.7 Å². The molecule has 2 aromatic rings. The number of imidazole rings is 1. The van der Waals surface area contributed by atoms with Gasteiger partial charge in [0.15, 0.2) is 0 Å². The maximum absolute atomic E-state index is 12.7. The lowest BCUT2D eigenvalue weighted by molar-refractivity contribution is -0.131. The van der Waals surface area contributed by atoms with Gasteiger partial charge in [0.2, 0.25) is 11.8 Å². The highest BCUT2D eigenvalue weighted by molar-refractivity contribution is 6.10. The van der Waals surface area contributed by atoms with Gasteiger partial charge in [0, 0.05) is 51.6 Å². The van der Waals surface area contributed by atoms with Crippen molar-refractivity contribution >= 4 is 22.8 Å². The monoisotopic (exact) mass is 381 g/mol. The standard InChI is InChI=1S/C20H23N5O3/c1-22-17-14-15(4-3-11-23-12-9-21-10-13-23)7-8-16(17)24(20(22)28)25-18(26)5-2-6-19(25)27/h7-8,14,21H,2,5-6,9-13H2,1H3. The summed E-state index contributed by atoms with van der Waals surface area (Å²) >= 11 is 0. The van der Waals surface area contributed by atoms with Gasteiger partial charge in [-0.05, 0) is 24.6 Å². The van der Waals surface area contributed by atoms with E-state index in [-0.39, 0.29) is 24.7 Å². The van der Waals surface area contributed by atoms with Crippen molar-refractivity contribution in [2.24, 2.45) is 7.05 Å². The van der Waals surface area contributed by atoms with Crippen molar-refractivity contribution in [1.82, 2.24) is 19.5 Å². The fourth-order valence-electron chi connectivity index (χ4n) is 3.68. The largest absolute Gasteiger partial charge is 0.348 e. The van der Waals surface area contributed by atoms with Crippen LogP contribution in [-0.2, 0) is 16.6 Å². The minimum atomic E-state index is -0.412. The van der Waals surface area contributed by atoms with Crippen molar-refractivity contribution in [1.29, 1.82) is 0 Å². The minimum absolute atomic E-state index is 0.268. The van der Waals surface area contributed by atoms with Gasteiger partial charge >= 0.3 is 5.69 Å². The molecule has 2 aliphatic rings. The molecule has 0 aliphatic carbocycles. The van der Waals surface area contributed by atoms with Gasteiger partial charge in [0.1, 0.15) is 0 Å². The second kappa shape index (κ2) is 7.62. The van der Waals surface area contributed by atoms with Crippen molar-refractivity contribution < 1.29 is 9.59 Å². The number of hydrogen-bond acceptors (Lipinski definition) is 5. The molecule has 8 heteroatoms. The number of imide groups is 1. The Labute approximate surface area is 162 Å². The van der Waals surface area contributed by atoms with Crippen LogP contribution in [0.4, 0.5) is 0 Å². The van der Waals surface area contributed by atoms with E-state index in [1.807, 2.05) is 12.1 Å². The summed E-state index contributed by atoms with van der Waals surface area (Å²) in [4.78, 5) is 39.6. The summed E-state index contributed by atoms with van der Waals surface area (Å²) in [6.07, 6.45) is 1.06. The van der Waals surface area contributed by atoms with Crippen molar-refractivity contribution in [2.75, 3.05) is 37.7 Å². The Morgan fingerprint density at radius 3 is 2.46 bits per heavy atom. The van der Waals surface area contributed by atoms with E-state index in [9.17, 15) is 14.4 Å². The van der Waals surface area contributed by atoms with Crippen molar-refractivity contribution in [3.63, 3.8) is 0 Å². The molecule has 4 rings (SSSR count). The number of amides is 2. The lowest BCUT2D eigenvalue weighted by atomic mass is 10.1. The zero-order valence-corrected chi connectivity index (χ0v) is 15.9. The normalized spacial score (nSPS) is 18.4. The van der Waals surface area contributed by atoms with Gasteiger partial charge in [-0.3, -0.25) is 19.1 Å². The van der Waals surface area contributed by atoms with Crippen LogP contribution in [0.1, 0.15) is 24.8 Å². The first-order valence-electron chi connectivity index (χ1n) is 9.56. The van der Waals surface area contributed by atoms with E-state index < -0.39 is 5.69 Å². The maximum atomic E-state index is 12.7. The molecular formula is C20H23N5O3. The van der Waals surface area contributed by atoms with Gasteiger partial charge in [0.05, 0.1) is 17.6 Å². The maximum Gasteiger partial charge on any atom is 0.348 e. The number of aromatic nitrogens is 2. The molecule has 28 heavy (non-hydrogen) atoms. The summed E-state index contributed by atoms with van der Waals surface area (Å²) in [6.45, 7) is 4.65. The molecule has 0 radical (unpaired) electrons. The lowest BCUT2D eigenvalue weighted by Crippen LogP contribution is -2.52. The Kier molecular flexibility index (Phi) is 5.03. The van der Waals surface area contributed by atoms with Crippen molar-refractivity contribution in [3.8, 4) is 11.8 Å². The van der Waals surface area contributed by atoms with Crippen LogP contribution in [0.5, 0.6) is 0 Å². The summed E-state index contributed by atoms with van der Waals surface area (Å²) in [5.74, 6) is 5.66. The van der Waals surface area contributed by atoms with Crippen LogP contribution in [0, 0.1) is 11.8 Å². The first kappa shape index (κ1) is 18.5. The predicted molar refractivity (Wildman–Crippen MR) is 105 cm³/mol. The van der Waals surface area contributed by atoms with Gasteiger partial charge in [-0.15, -0.1) is 0 Å². The van der Waals surface area contributed by atoms with Gasteiger partial charge in [-0.1, -0.05) is 11.8 Å². The van der Waals surface area contributed by atoms with Crippen LogP contribution in [0.3, 0.4) is 0 Å². The van der Waals surface area contributed by atoms with Gasteiger partial charge in [-0.2, -0.15) is 9.69 Å². The molecule has 0 atom stereocenters. The highest BCUT2D eigenvalue weighted by atomic mass is 16.2. The number of fused-ring (bicyclic) bond motifs is 1. The zero-order chi connectivity index (χ0) is 19.7. The number of nitrogens with one attached hydrogen (secondary N) is 1. The second-order valence-corrected chi connectivity index (χ2v) is 7.14. The Morgan fingerprint density at radius 1 is 1.04 bits per heavy atom. The summed E-state index contributed by atoms with van der Waals surface area (Å²) in [6, 6.07) is 5.40. The Balaban J connectivity index is 1.66. The molecule has 1 N–H and O–H groups in total. The Morgan fingerprint density at radius 2 is 1.75 bits per heavy atom. The molecule has 0 bridgehead atoms. The van der Waals surface area contributed by atoms with E-state index in [4.69, 9.17) is 0 Å². The fourth-order valence-corrected chi connectivity index (χ4v) is 3.68. The third-order valence-electron chi connectivity index (χ3n) is 5.23. The molecule has 0 unspecified atom stereocenters. The molecule has 146 valence electrons. The average molecular weight is 381 g/mol. The number of carbonyl (C=O) groups excluding carboxylic acids is 2. The highest BCUT2D eigenvalue weighted by Gasteiger charge is 2.31. The van der Waals surface area contributed by atoms with E-state index >= 15 is 0 Å². The predicted octanol–water partition coefficient (Wildman–Crippen LogP) is -0.228. The number of benzene rings is 1. The van der Waals surface area contributed by atoms with Gasteiger partial charge in [0.25, 0.3) is 0 Å². The number of piperazine rings is 1. The van der Waals surface area contributed by atoms with Crippen molar-refractivity contribution in [2.45, 2.75) is 19.3 Å². The van der Waals surface area contributed by atoms with Gasteiger partial charge in [-0.25, -0.2) is 4.79 Å². The number of piperidine rings is 1. The Hall–Kier alpha value is -2.89. The first-order valence-corrected chi connectivity index (χ1v) is 9.56. The molecule has 8 nitrogen and oxygen atoms in total. The summed E-state index contributed by atoms with van der Waals surface area (Å²) in [5.41, 5.74) is 1.56. The third kappa shape index (κ3) is 3.35. The van der Waals surface area contributed by atoms with Crippen molar-refractivity contribution in [3.05, 3.63) is 34.2 Å². The molecule has 1 aromatic heterocycles. The van der Waals surface area contributed by atoms with Crippen LogP contribution < -0.4 is 16.0 Å². The molecule has 2 saturated heterocycles. The molecule has 3 heterocycles. The fraction of sp³-hybridized carbons (Fsp3) is 0.450. The highest BCUT2D eigenvalue weighted by Crippen LogP contribution is 2.18. The van der Waals surface area contributed by atoms with Crippen LogP contribution in [0.25, 0.3) is 11.0 Å². The molecule has 2 aliphatic heterocycles. The van der Waals surface area contributed by atoms with E-state index in [1.54, 1.807) is 13.1 Å². The molecule has 2 amide bonds. The van der Waals surface area contributed by atoms with E-state index in [0.29, 0.717) is 24.0 Å². The van der Waals surface area contributed by atoms with Crippen LogP contribution in [0.15, 0.2) is 23.0 Å². The summed E-state index contributed by atoms with van der Waals surface area (Å²) < 4.78 is 2.64. The van der Waals surface area contributed by atoms with Gasteiger partial charge < -0.3 is 5.32 Å². The van der Waals surface area contributed by atoms with E-state index in [2.05, 4.69) is 22.1 Å². The molecule has 0 spiro atoms. The number of rotatable bonds is 2. The Bertz CT molecular complexity index is 1030. The molecule has 0 saturated carbocycles. The first-order chi connectivity index (χ1) is 13.6. The lowest BCUT2D eigenvalue weighted by Gasteiger charge is -2.25. The van der Waals surface area contributed by atoms with E-state index in [0.717, 1.165) is 36.8 Å². The SMILES string of the molecule is Cn1c(=O)n(N2C(=O)CCCC2=O)c2ccc(C#CCN3CCNCC3)cc21. The van der Waals surface area contributed by atoms with Crippen LogP contribution in [0.2, 0.25) is 0 Å². The molecule has 2 fully saturated rings. The third-order valence-corrected chi connectivity index (χ3v) is 5.23. The number of nitrogens with zero attached hydrogens (tertiary/aromatic N) is 4. The molecular weight excluding hydrogens is 358 g/mol. The number of aryl methyl sites for hydroxylation is 1. The minimum Gasteiger partial charge on any atom is -0.314 e. The smallest absolute Gasteiger partial charge is 0.314 e. The number of hydrogen-bond donors (Lipinski definition) is 1. The van der Waals surface area contributed by atoms with Crippen LogP contribution >= 0.6 is 0 Å². The quantitative estimate of drug-likeness (QED) is 0.574. The number of carbonyl (C=O) groups is 2. The average Bonchev–Trinajstić information content (AvgIpc) is 2.94. The summed E-state index contributed by atoms with van der Waals surface area (Å²) in [7, 11) is 1.64. The zero-order valence-electron chi connectivity index (χ0n) is 15.9. The van der Waals surface area contributed by atoms with E-state index in [1.165, 1.54) is 9.24 Å². The second-order valence-electron chi connectivity index (χ2n) is 7.14.